The number of aromatic nitrogens is 1. The van der Waals surface area contributed by atoms with Gasteiger partial charge in [0.1, 0.15) is 5.78 Å². The van der Waals surface area contributed by atoms with Gasteiger partial charge in [0.05, 0.1) is 5.60 Å². The fourth-order valence-electron chi connectivity index (χ4n) is 3.24. The highest BCUT2D eigenvalue weighted by Gasteiger charge is 2.34. The van der Waals surface area contributed by atoms with Gasteiger partial charge in [0, 0.05) is 29.9 Å². The number of aromatic carboxylic acids is 1. The first-order valence-electron chi connectivity index (χ1n) is 9.27. The summed E-state index contributed by atoms with van der Waals surface area (Å²) in [4.78, 5) is 27.0. The van der Waals surface area contributed by atoms with Crippen molar-refractivity contribution in [1.82, 2.24) is 4.98 Å². The number of carboxylic acid groups (broad SMARTS) is 1. The van der Waals surface area contributed by atoms with Gasteiger partial charge in [-0.05, 0) is 38.5 Å². The van der Waals surface area contributed by atoms with E-state index in [-0.39, 0.29) is 36.2 Å². The molecule has 0 unspecified atom stereocenters. The third kappa shape index (κ3) is 8.10. The third-order valence-corrected chi connectivity index (χ3v) is 6.95. The maximum Gasteiger partial charge on any atom is 0.389 e. The number of thioether (sulfide) groups is 1. The number of rotatable bonds is 10. The molecular weight excluding hydrogens is 427 g/mol. The Labute approximate surface area is 175 Å². The monoisotopic (exact) mass is 451 g/mol. The van der Waals surface area contributed by atoms with Gasteiger partial charge in [0.15, 0.2) is 10.0 Å². The molecule has 1 heterocycles. The molecule has 0 saturated heterocycles. The van der Waals surface area contributed by atoms with Crippen molar-refractivity contribution in [3.05, 3.63) is 23.2 Å². The Morgan fingerprint density at radius 2 is 2.14 bits per heavy atom. The van der Waals surface area contributed by atoms with E-state index in [4.69, 9.17) is 5.11 Å². The molecule has 5 nitrogen and oxygen atoms in total. The van der Waals surface area contributed by atoms with Crippen LogP contribution in [0.25, 0.3) is 0 Å². The molecule has 1 aliphatic carbocycles. The zero-order chi connectivity index (χ0) is 21.7. The van der Waals surface area contributed by atoms with Gasteiger partial charge in [-0.3, -0.25) is 4.79 Å². The Bertz CT molecular complexity index is 746. The van der Waals surface area contributed by atoms with E-state index in [0.717, 1.165) is 0 Å². The summed E-state index contributed by atoms with van der Waals surface area (Å²) in [6.45, 7) is 1.39. The topological polar surface area (TPSA) is 87.5 Å². The number of aliphatic hydroxyl groups is 1. The summed E-state index contributed by atoms with van der Waals surface area (Å²) in [5.74, 6) is -0.452. The standard InChI is InChI=1S/C19H24F3NO4S2/c1-18(27,8-9-19(20,21)22)7-2-3-12-4-5-15(24)13(12)6-10-28-17-23-14(11-29-17)16(25)26/h2-3,11-13,27H,4-10H2,1H3,(H,25,26)/b3-2+/t12-,13+,18+/m0/s1. The lowest BCUT2D eigenvalue weighted by Crippen LogP contribution is -2.26. The number of alkyl halides is 3. The number of hydrogen-bond acceptors (Lipinski definition) is 6. The summed E-state index contributed by atoms with van der Waals surface area (Å²) in [6, 6.07) is 0. The summed E-state index contributed by atoms with van der Waals surface area (Å²) in [5, 5.41) is 20.5. The molecule has 1 aromatic rings. The van der Waals surface area contributed by atoms with Gasteiger partial charge in [-0.1, -0.05) is 23.9 Å². The van der Waals surface area contributed by atoms with Gasteiger partial charge in [0.25, 0.3) is 0 Å². The van der Waals surface area contributed by atoms with Gasteiger partial charge in [0.2, 0.25) is 0 Å². The second-order valence-corrected chi connectivity index (χ2v) is 9.66. The minimum atomic E-state index is -4.29. The van der Waals surface area contributed by atoms with Crippen LogP contribution in [-0.2, 0) is 4.79 Å². The van der Waals surface area contributed by atoms with Gasteiger partial charge in [-0.2, -0.15) is 13.2 Å². The van der Waals surface area contributed by atoms with Crippen molar-refractivity contribution in [2.24, 2.45) is 11.8 Å². The van der Waals surface area contributed by atoms with Crippen LogP contribution in [0.3, 0.4) is 0 Å². The van der Waals surface area contributed by atoms with Crippen LogP contribution in [0.15, 0.2) is 21.9 Å². The summed E-state index contributed by atoms with van der Waals surface area (Å²) < 4.78 is 37.6. The van der Waals surface area contributed by atoms with E-state index in [1.807, 2.05) is 6.08 Å². The number of hydrogen-bond donors (Lipinski definition) is 2. The van der Waals surface area contributed by atoms with Crippen molar-refractivity contribution in [2.45, 2.75) is 61.6 Å². The predicted molar refractivity (Wildman–Crippen MR) is 105 cm³/mol. The van der Waals surface area contributed by atoms with Crippen molar-refractivity contribution in [2.75, 3.05) is 5.75 Å². The van der Waals surface area contributed by atoms with Gasteiger partial charge >= 0.3 is 12.1 Å². The van der Waals surface area contributed by atoms with Crippen LogP contribution in [0, 0.1) is 11.8 Å². The minimum Gasteiger partial charge on any atom is -0.476 e. The highest BCUT2D eigenvalue weighted by atomic mass is 32.2. The van der Waals surface area contributed by atoms with Crippen LogP contribution in [0.4, 0.5) is 13.2 Å². The summed E-state index contributed by atoms with van der Waals surface area (Å²) in [5.41, 5.74) is -1.43. The molecule has 0 aliphatic heterocycles. The second-order valence-electron chi connectivity index (χ2n) is 7.46. The Kier molecular flexibility index (Phi) is 8.30. The number of ketones is 1. The van der Waals surface area contributed by atoms with E-state index < -0.39 is 24.2 Å². The van der Waals surface area contributed by atoms with E-state index >= 15 is 0 Å². The molecule has 0 aromatic carbocycles. The van der Waals surface area contributed by atoms with Gasteiger partial charge < -0.3 is 10.2 Å². The first-order valence-corrected chi connectivity index (χ1v) is 11.1. The number of nitrogens with zero attached hydrogens (tertiary/aromatic N) is 1. The molecule has 1 aliphatic rings. The molecule has 2 rings (SSSR count). The average Bonchev–Trinajstić information content (AvgIpc) is 3.21. The maximum absolute atomic E-state index is 12.3. The predicted octanol–water partition coefficient (Wildman–Crippen LogP) is 4.96. The van der Waals surface area contributed by atoms with Crippen molar-refractivity contribution < 1.29 is 33.0 Å². The fourth-order valence-corrected chi connectivity index (χ4v) is 5.14. The summed E-state index contributed by atoms with van der Waals surface area (Å²) in [7, 11) is 0. The van der Waals surface area contributed by atoms with Crippen LogP contribution >= 0.6 is 23.1 Å². The lowest BCUT2D eigenvalue weighted by atomic mass is 9.90. The smallest absolute Gasteiger partial charge is 0.389 e. The molecule has 0 spiro atoms. The molecule has 3 atom stereocenters. The number of thiazole rings is 1. The van der Waals surface area contributed by atoms with Crippen LogP contribution in [0.5, 0.6) is 0 Å². The molecule has 1 aromatic heterocycles. The highest BCUT2D eigenvalue weighted by molar-refractivity contribution is 8.01. The van der Waals surface area contributed by atoms with Crippen molar-refractivity contribution in [1.29, 1.82) is 0 Å². The molecule has 0 amide bonds. The Morgan fingerprint density at radius 1 is 1.41 bits per heavy atom. The largest absolute Gasteiger partial charge is 0.476 e. The summed E-state index contributed by atoms with van der Waals surface area (Å²) in [6.07, 6.45) is -0.292. The van der Waals surface area contributed by atoms with Gasteiger partial charge in [-0.15, -0.1) is 11.3 Å². The molecule has 1 saturated carbocycles. The minimum absolute atomic E-state index is 0.00684. The van der Waals surface area contributed by atoms with Crippen LogP contribution in [0.1, 0.15) is 55.9 Å². The molecule has 2 N–H and O–H groups in total. The summed E-state index contributed by atoms with van der Waals surface area (Å²) >= 11 is 2.66. The molecule has 0 bridgehead atoms. The fraction of sp³-hybridized carbons (Fsp3) is 0.632. The molecule has 0 radical (unpaired) electrons. The molecule has 29 heavy (non-hydrogen) atoms. The van der Waals surface area contributed by atoms with E-state index in [9.17, 15) is 27.9 Å². The number of Topliss-reactive ketones (excluding diaryl/α,β-unsaturated/α-hetero) is 1. The zero-order valence-corrected chi connectivity index (χ0v) is 17.6. The maximum atomic E-state index is 12.3. The highest BCUT2D eigenvalue weighted by Crippen LogP contribution is 2.35. The number of halogens is 3. The first kappa shape index (κ1) is 23.9. The Hall–Kier alpha value is -1.39. The second kappa shape index (κ2) is 10.1. The van der Waals surface area contributed by atoms with E-state index in [2.05, 4.69) is 4.98 Å². The van der Waals surface area contributed by atoms with Crippen LogP contribution in [-0.4, -0.2) is 44.5 Å². The number of allylic oxidation sites excluding steroid dienone is 1. The molecule has 162 valence electrons. The SMILES string of the molecule is C[C@@](O)(C/C=C/[C@H]1CCC(=O)[C@@H]1CCSc1nc(C(=O)O)cs1)CCC(F)(F)F. The molecule has 1 fully saturated rings. The quantitative estimate of drug-likeness (QED) is 0.386. The normalized spacial score (nSPS) is 22.3. The van der Waals surface area contributed by atoms with Gasteiger partial charge in [-0.25, -0.2) is 9.78 Å². The lowest BCUT2D eigenvalue weighted by molar-refractivity contribution is -0.145. The van der Waals surface area contributed by atoms with Crippen LogP contribution in [0.2, 0.25) is 0 Å². The number of carbonyl (C=O) groups excluding carboxylic acids is 1. The lowest BCUT2D eigenvalue weighted by Gasteiger charge is -2.22. The third-order valence-electron chi connectivity index (χ3n) is 4.90. The molecule has 10 heteroatoms. The Morgan fingerprint density at radius 3 is 2.76 bits per heavy atom. The van der Waals surface area contributed by atoms with Crippen molar-refractivity contribution >= 4 is 34.9 Å². The zero-order valence-electron chi connectivity index (χ0n) is 15.9. The number of carbonyl (C=O) groups is 2. The van der Waals surface area contributed by atoms with Crippen molar-refractivity contribution in [3.63, 3.8) is 0 Å². The Balaban J connectivity index is 1.82. The first-order chi connectivity index (χ1) is 13.5. The van der Waals surface area contributed by atoms with E-state index in [1.165, 1.54) is 35.4 Å². The number of carboxylic acids is 1. The van der Waals surface area contributed by atoms with E-state index in [0.29, 0.717) is 29.4 Å². The van der Waals surface area contributed by atoms with Crippen LogP contribution < -0.4 is 0 Å². The average molecular weight is 452 g/mol. The molecular formula is C19H24F3NO4S2. The van der Waals surface area contributed by atoms with Crippen molar-refractivity contribution in [3.8, 4) is 0 Å². The van der Waals surface area contributed by atoms with E-state index in [1.54, 1.807) is 6.08 Å².